The maximum absolute atomic E-state index is 13.1. The van der Waals surface area contributed by atoms with Crippen LogP contribution >= 0.6 is 0 Å². The van der Waals surface area contributed by atoms with Gasteiger partial charge in [0.25, 0.3) is 5.91 Å². The number of amides is 1. The average Bonchev–Trinajstić information content (AvgIpc) is 3.57. The van der Waals surface area contributed by atoms with E-state index in [0.29, 0.717) is 30.6 Å². The monoisotopic (exact) mass is 358 g/mol. The lowest BCUT2D eigenvalue weighted by molar-refractivity contribution is 0.0729. The molecular weight excluding hydrogens is 336 g/mol. The molecule has 4 heteroatoms. The number of hydrogen-bond acceptors (Lipinski definition) is 3. The summed E-state index contributed by atoms with van der Waals surface area (Å²) < 4.78 is 5.78. The normalized spacial score (nSPS) is 13.2. The molecule has 1 fully saturated rings. The fourth-order valence-electron chi connectivity index (χ4n) is 3.05. The topological polar surface area (TPSA) is 42.4 Å². The molecule has 0 unspecified atom stereocenters. The molecule has 1 amide bonds. The van der Waals surface area contributed by atoms with Gasteiger partial charge in [0.1, 0.15) is 6.61 Å². The molecule has 4 rings (SSSR count). The maximum atomic E-state index is 13.1. The highest BCUT2D eigenvalue weighted by Crippen LogP contribution is 2.30. The number of carbonyl (C=O) groups is 1. The van der Waals surface area contributed by atoms with E-state index in [1.165, 1.54) is 0 Å². The number of nitrogens with zero attached hydrogens (tertiary/aromatic N) is 2. The van der Waals surface area contributed by atoms with Crippen molar-refractivity contribution in [3.8, 4) is 5.88 Å². The molecule has 1 heterocycles. The first-order valence-electron chi connectivity index (χ1n) is 9.27. The smallest absolute Gasteiger partial charge is 0.254 e. The van der Waals surface area contributed by atoms with E-state index in [1.807, 2.05) is 53.4 Å². The second-order valence-corrected chi connectivity index (χ2v) is 6.81. The van der Waals surface area contributed by atoms with Crippen molar-refractivity contribution in [2.45, 2.75) is 32.0 Å². The van der Waals surface area contributed by atoms with Gasteiger partial charge in [-0.25, -0.2) is 4.98 Å². The van der Waals surface area contributed by atoms with Gasteiger partial charge in [0.2, 0.25) is 5.88 Å². The fraction of sp³-hybridized carbons (Fsp3) is 0.217. The number of ether oxygens (including phenoxy) is 1. The van der Waals surface area contributed by atoms with E-state index < -0.39 is 0 Å². The van der Waals surface area contributed by atoms with Gasteiger partial charge < -0.3 is 9.64 Å². The number of aromatic nitrogens is 1. The molecule has 1 aliphatic rings. The lowest BCUT2D eigenvalue weighted by Crippen LogP contribution is -2.32. The second kappa shape index (κ2) is 8.04. The van der Waals surface area contributed by atoms with Gasteiger partial charge in [-0.1, -0.05) is 60.7 Å². The van der Waals surface area contributed by atoms with Crippen LogP contribution in [0.4, 0.5) is 0 Å². The third kappa shape index (κ3) is 4.53. The Hall–Kier alpha value is -3.14. The number of benzene rings is 2. The van der Waals surface area contributed by atoms with Crippen molar-refractivity contribution in [3.63, 3.8) is 0 Å². The summed E-state index contributed by atoms with van der Waals surface area (Å²) in [5.74, 6) is 0.508. The van der Waals surface area contributed by atoms with E-state index in [4.69, 9.17) is 4.74 Å². The number of carbonyl (C=O) groups excluding carboxylic acids is 1. The van der Waals surface area contributed by atoms with Gasteiger partial charge in [0.05, 0.1) is 0 Å². The molecule has 0 radical (unpaired) electrons. The van der Waals surface area contributed by atoms with Crippen LogP contribution in [0.25, 0.3) is 0 Å². The van der Waals surface area contributed by atoms with Crippen LogP contribution in [-0.2, 0) is 13.2 Å². The Bertz CT molecular complexity index is 893. The van der Waals surface area contributed by atoms with Gasteiger partial charge in [0.15, 0.2) is 0 Å². The largest absolute Gasteiger partial charge is 0.473 e. The predicted molar refractivity (Wildman–Crippen MR) is 104 cm³/mol. The summed E-state index contributed by atoms with van der Waals surface area (Å²) in [7, 11) is 0. The van der Waals surface area contributed by atoms with Gasteiger partial charge in [-0.15, -0.1) is 0 Å². The Balaban J connectivity index is 1.47. The molecule has 4 nitrogen and oxygen atoms in total. The first-order valence-corrected chi connectivity index (χ1v) is 9.27. The Labute approximate surface area is 159 Å². The van der Waals surface area contributed by atoms with Crippen LogP contribution in [0.5, 0.6) is 5.88 Å². The van der Waals surface area contributed by atoms with Gasteiger partial charge >= 0.3 is 0 Å². The van der Waals surface area contributed by atoms with Gasteiger partial charge in [0, 0.05) is 30.4 Å². The number of pyridine rings is 1. The first kappa shape index (κ1) is 17.3. The quantitative estimate of drug-likeness (QED) is 0.626. The van der Waals surface area contributed by atoms with Crippen molar-refractivity contribution in [3.05, 3.63) is 95.7 Å². The molecular formula is C23H22N2O2. The summed E-state index contributed by atoms with van der Waals surface area (Å²) in [4.78, 5) is 19.3. The van der Waals surface area contributed by atoms with Crippen LogP contribution in [0, 0.1) is 0 Å². The molecule has 0 N–H and O–H groups in total. The minimum atomic E-state index is 0.0355. The standard InChI is InChI=1S/C23H22N2O2/c26-23(25(21-11-12-21)16-18-7-3-1-4-8-18)20-13-14-24-22(15-20)27-17-19-9-5-2-6-10-19/h1-10,13-15,21H,11-12,16-17H2. The van der Waals surface area contributed by atoms with E-state index in [1.54, 1.807) is 18.3 Å². The summed E-state index contributed by atoms with van der Waals surface area (Å²) in [5, 5.41) is 0. The Morgan fingerprint density at radius 3 is 2.30 bits per heavy atom. The summed E-state index contributed by atoms with van der Waals surface area (Å²) in [5.41, 5.74) is 2.84. The van der Waals surface area contributed by atoms with Crippen molar-refractivity contribution < 1.29 is 9.53 Å². The van der Waals surface area contributed by atoms with Crippen molar-refractivity contribution >= 4 is 5.91 Å². The van der Waals surface area contributed by atoms with Crippen LogP contribution in [0.3, 0.4) is 0 Å². The Morgan fingerprint density at radius 1 is 0.963 bits per heavy atom. The van der Waals surface area contributed by atoms with Crippen LogP contribution < -0.4 is 4.74 Å². The molecule has 1 aromatic heterocycles. The van der Waals surface area contributed by atoms with E-state index in [-0.39, 0.29) is 5.91 Å². The SMILES string of the molecule is O=C(c1ccnc(OCc2ccccc2)c1)N(Cc1ccccc1)C1CC1. The average molecular weight is 358 g/mol. The first-order chi connectivity index (χ1) is 13.3. The number of rotatable bonds is 7. The van der Waals surface area contributed by atoms with E-state index >= 15 is 0 Å². The van der Waals surface area contributed by atoms with Crippen molar-refractivity contribution in [2.75, 3.05) is 0 Å². The minimum Gasteiger partial charge on any atom is -0.473 e. The maximum Gasteiger partial charge on any atom is 0.254 e. The zero-order valence-electron chi connectivity index (χ0n) is 15.1. The minimum absolute atomic E-state index is 0.0355. The molecule has 3 aromatic rings. The highest BCUT2D eigenvalue weighted by molar-refractivity contribution is 5.94. The molecule has 1 saturated carbocycles. The van der Waals surface area contributed by atoms with Gasteiger partial charge in [-0.2, -0.15) is 0 Å². The lowest BCUT2D eigenvalue weighted by atomic mass is 10.1. The molecule has 2 aromatic carbocycles. The predicted octanol–water partition coefficient (Wildman–Crippen LogP) is 4.47. The molecule has 136 valence electrons. The zero-order chi connectivity index (χ0) is 18.5. The van der Waals surface area contributed by atoms with Gasteiger partial charge in [-0.05, 0) is 30.0 Å². The van der Waals surface area contributed by atoms with Crippen LogP contribution in [0.15, 0.2) is 79.0 Å². The summed E-state index contributed by atoms with van der Waals surface area (Å²) in [6.07, 6.45) is 3.78. The summed E-state index contributed by atoms with van der Waals surface area (Å²) in [6, 6.07) is 23.9. The second-order valence-electron chi connectivity index (χ2n) is 6.81. The highest BCUT2D eigenvalue weighted by Gasteiger charge is 2.33. The summed E-state index contributed by atoms with van der Waals surface area (Å²) in [6.45, 7) is 1.06. The van der Waals surface area contributed by atoms with Crippen molar-refractivity contribution in [1.29, 1.82) is 0 Å². The Kier molecular flexibility index (Phi) is 5.15. The molecule has 0 aliphatic heterocycles. The van der Waals surface area contributed by atoms with E-state index in [0.717, 1.165) is 24.0 Å². The summed E-state index contributed by atoms with van der Waals surface area (Å²) >= 11 is 0. The highest BCUT2D eigenvalue weighted by atomic mass is 16.5. The molecule has 1 aliphatic carbocycles. The third-order valence-electron chi connectivity index (χ3n) is 4.66. The third-order valence-corrected chi connectivity index (χ3v) is 4.66. The number of hydrogen-bond donors (Lipinski definition) is 0. The molecule has 0 saturated heterocycles. The zero-order valence-corrected chi connectivity index (χ0v) is 15.1. The molecule has 0 bridgehead atoms. The molecule has 0 spiro atoms. The molecule has 27 heavy (non-hydrogen) atoms. The van der Waals surface area contributed by atoms with Crippen LogP contribution in [0.2, 0.25) is 0 Å². The van der Waals surface area contributed by atoms with Crippen molar-refractivity contribution in [2.24, 2.45) is 0 Å². The Morgan fingerprint density at radius 2 is 1.63 bits per heavy atom. The van der Waals surface area contributed by atoms with Crippen LogP contribution in [0.1, 0.15) is 34.3 Å². The van der Waals surface area contributed by atoms with E-state index in [2.05, 4.69) is 17.1 Å². The molecule has 0 atom stereocenters. The fourth-order valence-corrected chi connectivity index (χ4v) is 3.05. The van der Waals surface area contributed by atoms with E-state index in [9.17, 15) is 4.79 Å². The van der Waals surface area contributed by atoms with Crippen LogP contribution in [-0.4, -0.2) is 21.8 Å². The van der Waals surface area contributed by atoms with Gasteiger partial charge in [-0.3, -0.25) is 4.79 Å². The van der Waals surface area contributed by atoms with Crippen molar-refractivity contribution in [1.82, 2.24) is 9.88 Å². The lowest BCUT2D eigenvalue weighted by Gasteiger charge is -2.23.